The van der Waals surface area contributed by atoms with E-state index in [1.165, 1.54) is 6.07 Å². The maximum Gasteiger partial charge on any atom is 0.146 e. The van der Waals surface area contributed by atoms with Gasteiger partial charge in [0.2, 0.25) is 0 Å². The molecule has 0 saturated carbocycles. The van der Waals surface area contributed by atoms with Crippen LogP contribution in [-0.4, -0.2) is 61.0 Å². The molecule has 1 saturated heterocycles. The van der Waals surface area contributed by atoms with Crippen LogP contribution in [0, 0.1) is 5.82 Å². The molecular formula is C18H31Cl2FN2O2. The second-order valence-electron chi connectivity index (χ2n) is 6.82. The lowest BCUT2D eigenvalue weighted by atomic mass is 10.1. The van der Waals surface area contributed by atoms with E-state index in [1.54, 1.807) is 6.07 Å². The molecule has 1 aliphatic rings. The van der Waals surface area contributed by atoms with Crippen LogP contribution in [-0.2, 0) is 4.74 Å². The number of ether oxygens (including phenoxy) is 1. The highest BCUT2D eigenvalue weighted by atomic mass is 35.5. The topological polar surface area (TPSA) is 35.9 Å². The Hall–Kier alpha value is -0.590. The first-order valence-electron chi connectivity index (χ1n) is 8.45. The van der Waals surface area contributed by atoms with Crippen molar-refractivity contribution in [2.24, 2.45) is 0 Å². The molecule has 0 aromatic heterocycles. The fourth-order valence-corrected chi connectivity index (χ4v) is 2.65. The Balaban J connectivity index is 0.00000288. The van der Waals surface area contributed by atoms with Gasteiger partial charge in [-0.3, -0.25) is 4.90 Å². The third-order valence-electron chi connectivity index (χ3n) is 4.55. The molecular weight excluding hydrogens is 366 g/mol. The van der Waals surface area contributed by atoms with Crippen molar-refractivity contribution in [3.63, 3.8) is 0 Å². The summed E-state index contributed by atoms with van der Waals surface area (Å²) in [5.74, 6) is -0.170. The number of anilines is 1. The summed E-state index contributed by atoms with van der Waals surface area (Å²) in [5.41, 5.74) is 0.477. The third kappa shape index (κ3) is 7.67. The van der Waals surface area contributed by atoms with Gasteiger partial charge < -0.3 is 14.7 Å². The molecule has 0 spiro atoms. The highest BCUT2D eigenvalue weighted by Gasteiger charge is 2.22. The van der Waals surface area contributed by atoms with E-state index >= 15 is 0 Å². The van der Waals surface area contributed by atoms with Crippen LogP contribution in [0.3, 0.4) is 0 Å². The van der Waals surface area contributed by atoms with Crippen molar-refractivity contribution in [3.8, 4) is 0 Å². The highest BCUT2D eigenvalue weighted by Crippen LogP contribution is 2.20. The predicted octanol–water partition coefficient (Wildman–Crippen LogP) is 3.36. The molecule has 1 aromatic rings. The Kier molecular flexibility index (Phi) is 10.9. The Labute approximate surface area is 163 Å². The molecule has 2 rings (SSSR count). The molecule has 0 radical (unpaired) electrons. The molecule has 0 bridgehead atoms. The van der Waals surface area contributed by atoms with E-state index in [1.807, 2.05) is 26.0 Å². The van der Waals surface area contributed by atoms with Crippen LogP contribution in [0.5, 0.6) is 0 Å². The maximum atomic E-state index is 13.8. The fourth-order valence-electron chi connectivity index (χ4n) is 2.65. The molecule has 7 heteroatoms. The van der Waals surface area contributed by atoms with Crippen LogP contribution in [0.4, 0.5) is 10.1 Å². The molecule has 0 aliphatic carbocycles. The van der Waals surface area contributed by atoms with Gasteiger partial charge in [-0.05, 0) is 32.4 Å². The lowest BCUT2D eigenvalue weighted by molar-refractivity contribution is -0.0674. The summed E-state index contributed by atoms with van der Waals surface area (Å²) in [6.45, 7) is 10.3. The lowest BCUT2D eigenvalue weighted by Gasteiger charge is -2.37. The largest absolute Gasteiger partial charge is 0.389 e. The molecule has 146 valence electrons. The molecule has 1 atom stereocenters. The van der Waals surface area contributed by atoms with Gasteiger partial charge in [0.25, 0.3) is 0 Å². The Morgan fingerprint density at radius 3 is 2.32 bits per heavy atom. The first kappa shape index (κ1) is 24.4. The van der Waals surface area contributed by atoms with Crippen molar-refractivity contribution >= 4 is 30.5 Å². The van der Waals surface area contributed by atoms with Gasteiger partial charge in [0, 0.05) is 32.7 Å². The van der Waals surface area contributed by atoms with Crippen molar-refractivity contribution in [2.45, 2.75) is 38.9 Å². The smallest absolute Gasteiger partial charge is 0.146 e. The number of halogens is 3. The maximum absolute atomic E-state index is 13.8. The minimum Gasteiger partial charge on any atom is -0.389 e. The van der Waals surface area contributed by atoms with Gasteiger partial charge in [-0.15, -0.1) is 24.8 Å². The monoisotopic (exact) mass is 396 g/mol. The van der Waals surface area contributed by atoms with Crippen LogP contribution in [0.1, 0.15) is 27.2 Å². The third-order valence-corrected chi connectivity index (χ3v) is 4.55. The summed E-state index contributed by atoms with van der Waals surface area (Å²) in [6, 6.07) is 6.89. The molecule has 1 fully saturated rings. The van der Waals surface area contributed by atoms with Crippen LogP contribution >= 0.6 is 24.8 Å². The zero-order valence-corrected chi connectivity index (χ0v) is 16.9. The summed E-state index contributed by atoms with van der Waals surface area (Å²) < 4.78 is 19.6. The second kappa shape index (κ2) is 11.2. The van der Waals surface area contributed by atoms with Crippen LogP contribution in [0.25, 0.3) is 0 Å². The number of piperazine rings is 1. The van der Waals surface area contributed by atoms with E-state index in [0.29, 0.717) is 18.8 Å². The van der Waals surface area contributed by atoms with Gasteiger partial charge >= 0.3 is 0 Å². The van der Waals surface area contributed by atoms with Gasteiger partial charge in [-0.1, -0.05) is 19.1 Å². The molecule has 1 N–H and O–H groups in total. The predicted molar refractivity (Wildman–Crippen MR) is 106 cm³/mol. The molecule has 1 unspecified atom stereocenters. The number of para-hydroxylation sites is 1. The number of nitrogens with zero attached hydrogens (tertiary/aromatic N) is 2. The van der Waals surface area contributed by atoms with Gasteiger partial charge in [-0.2, -0.15) is 0 Å². The quantitative estimate of drug-likeness (QED) is 0.766. The molecule has 1 heterocycles. The fraction of sp³-hybridized carbons (Fsp3) is 0.667. The molecule has 1 aromatic carbocycles. The molecule has 1 aliphatic heterocycles. The Morgan fingerprint density at radius 2 is 1.76 bits per heavy atom. The van der Waals surface area contributed by atoms with Crippen molar-refractivity contribution in [1.29, 1.82) is 0 Å². The first-order valence-corrected chi connectivity index (χ1v) is 8.45. The number of aliphatic hydroxyl groups excluding tert-OH is 1. The van der Waals surface area contributed by atoms with E-state index in [4.69, 9.17) is 4.74 Å². The average molecular weight is 397 g/mol. The molecule has 0 amide bonds. The minimum atomic E-state index is -0.485. The van der Waals surface area contributed by atoms with E-state index < -0.39 is 6.10 Å². The summed E-state index contributed by atoms with van der Waals surface area (Å²) in [4.78, 5) is 4.28. The number of hydrogen-bond acceptors (Lipinski definition) is 4. The van der Waals surface area contributed by atoms with Crippen molar-refractivity contribution in [1.82, 2.24) is 4.90 Å². The second-order valence-corrected chi connectivity index (χ2v) is 6.82. The zero-order chi connectivity index (χ0) is 16.9. The first-order chi connectivity index (χ1) is 10.9. The number of β-amino-alcohol motifs (C(OH)–C–C–N with tert-alkyl or cyclic N) is 1. The van der Waals surface area contributed by atoms with E-state index in [2.05, 4.69) is 16.7 Å². The molecule has 4 nitrogen and oxygen atoms in total. The minimum absolute atomic E-state index is 0. The number of hydrogen-bond donors (Lipinski definition) is 1. The van der Waals surface area contributed by atoms with Gasteiger partial charge in [0.1, 0.15) is 5.82 Å². The number of rotatable bonds is 7. The summed E-state index contributed by atoms with van der Waals surface area (Å²) in [5, 5.41) is 10.1. The van der Waals surface area contributed by atoms with Crippen LogP contribution in [0.15, 0.2) is 24.3 Å². The Morgan fingerprint density at radius 1 is 1.16 bits per heavy atom. The van der Waals surface area contributed by atoms with Crippen molar-refractivity contribution in [2.75, 3.05) is 44.2 Å². The number of benzene rings is 1. The van der Waals surface area contributed by atoms with Crippen molar-refractivity contribution < 1.29 is 14.2 Å². The molecule has 25 heavy (non-hydrogen) atoms. The standard InChI is InChI=1S/C18H29FN2O2.2ClH/c1-4-18(2,3)23-14-15(22)13-20-9-11-21(12-10-20)17-8-6-5-7-16(17)19;;/h5-8,15,22H,4,9-14H2,1-3H3;2*1H. The van der Waals surface area contributed by atoms with Crippen LogP contribution < -0.4 is 4.90 Å². The zero-order valence-electron chi connectivity index (χ0n) is 15.3. The summed E-state index contributed by atoms with van der Waals surface area (Å²) >= 11 is 0. The van der Waals surface area contributed by atoms with E-state index in [-0.39, 0.29) is 36.2 Å². The average Bonchev–Trinajstić information content (AvgIpc) is 2.54. The van der Waals surface area contributed by atoms with Gasteiger partial charge in [0.05, 0.1) is 24.0 Å². The van der Waals surface area contributed by atoms with Crippen LogP contribution in [0.2, 0.25) is 0 Å². The summed E-state index contributed by atoms with van der Waals surface area (Å²) in [6.07, 6.45) is 0.432. The van der Waals surface area contributed by atoms with Crippen molar-refractivity contribution in [3.05, 3.63) is 30.1 Å². The number of aliphatic hydroxyl groups is 1. The lowest BCUT2D eigenvalue weighted by Crippen LogP contribution is -2.49. The highest BCUT2D eigenvalue weighted by molar-refractivity contribution is 5.85. The normalized spacial score (nSPS) is 16.8. The summed E-state index contributed by atoms with van der Waals surface area (Å²) in [7, 11) is 0. The van der Waals surface area contributed by atoms with Gasteiger partial charge in [-0.25, -0.2) is 4.39 Å². The Bertz CT molecular complexity index is 498. The van der Waals surface area contributed by atoms with Gasteiger partial charge in [0.15, 0.2) is 0 Å². The SMILES string of the molecule is CCC(C)(C)OCC(O)CN1CCN(c2ccccc2F)CC1.Cl.Cl. The van der Waals surface area contributed by atoms with E-state index in [0.717, 1.165) is 32.6 Å². The van der Waals surface area contributed by atoms with E-state index in [9.17, 15) is 9.50 Å².